The second kappa shape index (κ2) is 8.92. The average Bonchev–Trinajstić information content (AvgIpc) is 3.05. The van der Waals surface area contributed by atoms with Crippen LogP contribution in [0.15, 0.2) is 29.2 Å². The van der Waals surface area contributed by atoms with Crippen molar-refractivity contribution in [3.05, 3.63) is 29.8 Å². The summed E-state index contributed by atoms with van der Waals surface area (Å²) in [5.74, 6) is 0. The zero-order valence-electron chi connectivity index (χ0n) is 15.1. The van der Waals surface area contributed by atoms with Crippen molar-refractivity contribution in [2.45, 2.75) is 49.0 Å². The largest absolute Gasteiger partial charge is 0.376 e. The van der Waals surface area contributed by atoms with Crippen LogP contribution in [-0.2, 0) is 9.47 Å². The quantitative estimate of drug-likeness (QED) is 0.872. The molecule has 2 saturated heterocycles. The number of nitrogens with zero attached hydrogens (tertiary/aromatic N) is 1. The van der Waals surface area contributed by atoms with Crippen LogP contribution < -0.4 is 5.32 Å². The molecule has 0 bridgehead atoms. The van der Waals surface area contributed by atoms with Crippen molar-refractivity contribution in [1.29, 1.82) is 0 Å². The molecule has 0 spiro atoms. The molecule has 3 rings (SSSR count). The number of benzene rings is 1. The Balaban J connectivity index is 1.45. The van der Waals surface area contributed by atoms with Crippen LogP contribution in [0, 0.1) is 6.92 Å². The van der Waals surface area contributed by atoms with Crippen molar-refractivity contribution < 1.29 is 14.3 Å². The van der Waals surface area contributed by atoms with Gasteiger partial charge in [-0.3, -0.25) is 0 Å². The van der Waals surface area contributed by atoms with Gasteiger partial charge >= 0.3 is 6.03 Å². The molecule has 0 saturated carbocycles. The summed E-state index contributed by atoms with van der Waals surface area (Å²) in [5.41, 5.74) is 1.33. The second-order valence-corrected chi connectivity index (χ2v) is 8.00. The SMILES string of the molecule is CCO[C@H]1COC[C@@H]1NC(=O)N1CCC(Sc2ccccc2C)CC1. The molecule has 1 N–H and O–H groups in total. The summed E-state index contributed by atoms with van der Waals surface area (Å²) in [7, 11) is 0. The summed E-state index contributed by atoms with van der Waals surface area (Å²) in [4.78, 5) is 15.8. The summed E-state index contributed by atoms with van der Waals surface area (Å²) in [5, 5.41) is 3.67. The first-order valence-electron chi connectivity index (χ1n) is 9.14. The van der Waals surface area contributed by atoms with Gasteiger partial charge in [0.05, 0.1) is 19.3 Å². The van der Waals surface area contributed by atoms with E-state index in [0.29, 0.717) is 25.1 Å². The first-order chi connectivity index (χ1) is 12.2. The van der Waals surface area contributed by atoms with Gasteiger partial charge in [0.2, 0.25) is 0 Å². The van der Waals surface area contributed by atoms with Gasteiger partial charge in [-0.2, -0.15) is 0 Å². The smallest absolute Gasteiger partial charge is 0.317 e. The molecule has 2 aliphatic heterocycles. The molecule has 138 valence electrons. The van der Waals surface area contributed by atoms with E-state index in [1.165, 1.54) is 10.5 Å². The number of rotatable bonds is 5. The van der Waals surface area contributed by atoms with E-state index in [9.17, 15) is 4.79 Å². The van der Waals surface area contributed by atoms with Crippen LogP contribution in [0.3, 0.4) is 0 Å². The number of aryl methyl sites for hydroxylation is 1. The van der Waals surface area contributed by atoms with Gasteiger partial charge in [-0.05, 0) is 38.3 Å². The van der Waals surface area contributed by atoms with Crippen molar-refractivity contribution in [3.63, 3.8) is 0 Å². The zero-order valence-corrected chi connectivity index (χ0v) is 15.9. The van der Waals surface area contributed by atoms with Gasteiger partial charge in [-0.15, -0.1) is 11.8 Å². The number of amides is 2. The molecule has 25 heavy (non-hydrogen) atoms. The van der Waals surface area contributed by atoms with E-state index in [1.807, 2.05) is 23.6 Å². The molecule has 2 heterocycles. The van der Waals surface area contributed by atoms with Gasteiger partial charge in [-0.1, -0.05) is 18.2 Å². The summed E-state index contributed by atoms with van der Waals surface area (Å²) in [6.45, 7) is 7.48. The highest BCUT2D eigenvalue weighted by Gasteiger charge is 2.32. The molecule has 1 aromatic carbocycles. The molecule has 2 aliphatic rings. The Bertz CT molecular complexity index is 576. The highest BCUT2D eigenvalue weighted by atomic mass is 32.2. The maximum Gasteiger partial charge on any atom is 0.317 e. The highest BCUT2D eigenvalue weighted by molar-refractivity contribution is 8.00. The van der Waals surface area contributed by atoms with E-state index >= 15 is 0 Å². The molecular weight excluding hydrogens is 336 g/mol. The van der Waals surface area contributed by atoms with Gasteiger partial charge in [-0.25, -0.2) is 4.79 Å². The van der Waals surface area contributed by atoms with Crippen LogP contribution in [0.4, 0.5) is 4.79 Å². The Hall–Kier alpha value is -1.24. The maximum absolute atomic E-state index is 12.5. The zero-order chi connectivity index (χ0) is 17.6. The lowest BCUT2D eigenvalue weighted by Gasteiger charge is -2.33. The van der Waals surface area contributed by atoms with Crippen molar-refractivity contribution >= 4 is 17.8 Å². The van der Waals surface area contributed by atoms with Crippen molar-refractivity contribution in [3.8, 4) is 0 Å². The van der Waals surface area contributed by atoms with E-state index < -0.39 is 0 Å². The number of hydrogen-bond donors (Lipinski definition) is 1. The lowest BCUT2D eigenvalue weighted by molar-refractivity contribution is 0.0417. The van der Waals surface area contributed by atoms with Crippen molar-refractivity contribution in [2.75, 3.05) is 32.9 Å². The lowest BCUT2D eigenvalue weighted by Crippen LogP contribution is -2.51. The van der Waals surface area contributed by atoms with E-state index in [-0.39, 0.29) is 18.2 Å². The third-order valence-electron chi connectivity index (χ3n) is 4.83. The summed E-state index contributed by atoms with van der Waals surface area (Å²) in [6.07, 6.45) is 2.04. The van der Waals surface area contributed by atoms with E-state index in [0.717, 1.165) is 25.9 Å². The van der Waals surface area contributed by atoms with Gasteiger partial charge in [0, 0.05) is 29.8 Å². The van der Waals surface area contributed by atoms with Crippen LogP contribution in [0.5, 0.6) is 0 Å². The van der Waals surface area contributed by atoms with Crippen molar-refractivity contribution in [1.82, 2.24) is 10.2 Å². The second-order valence-electron chi connectivity index (χ2n) is 6.66. The van der Waals surface area contributed by atoms with Crippen LogP contribution in [0.2, 0.25) is 0 Å². The number of hydrogen-bond acceptors (Lipinski definition) is 4. The topological polar surface area (TPSA) is 50.8 Å². The predicted molar refractivity (Wildman–Crippen MR) is 100 cm³/mol. The molecule has 0 aliphatic carbocycles. The summed E-state index contributed by atoms with van der Waals surface area (Å²) >= 11 is 1.95. The van der Waals surface area contributed by atoms with Crippen LogP contribution >= 0.6 is 11.8 Å². The molecule has 5 nitrogen and oxygen atoms in total. The molecule has 2 atom stereocenters. The highest BCUT2D eigenvalue weighted by Crippen LogP contribution is 2.32. The Labute approximate surface area is 154 Å². The van der Waals surface area contributed by atoms with E-state index in [4.69, 9.17) is 9.47 Å². The lowest BCUT2D eigenvalue weighted by atomic mass is 10.1. The number of thioether (sulfide) groups is 1. The third-order valence-corrected chi connectivity index (χ3v) is 6.35. The molecule has 0 aromatic heterocycles. The van der Waals surface area contributed by atoms with Gasteiger partial charge in [0.15, 0.2) is 0 Å². The fourth-order valence-electron chi connectivity index (χ4n) is 3.34. The molecule has 0 unspecified atom stereocenters. The van der Waals surface area contributed by atoms with Gasteiger partial charge < -0.3 is 19.7 Å². The summed E-state index contributed by atoms with van der Waals surface area (Å²) in [6, 6.07) is 8.49. The number of ether oxygens (including phenoxy) is 2. The van der Waals surface area contributed by atoms with Crippen LogP contribution in [0.1, 0.15) is 25.3 Å². The number of urea groups is 1. The molecule has 6 heteroatoms. The molecule has 2 amide bonds. The minimum Gasteiger partial charge on any atom is -0.376 e. The van der Waals surface area contributed by atoms with Crippen LogP contribution in [-0.4, -0.2) is 61.2 Å². The number of carbonyl (C=O) groups is 1. The fraction of sp³-hybridized carbons (Fsp3) is 0.632. The van der Waals surface area contributed by atoms with Gasteiger partial charge in [0.1, 0.15) is 6.10 Å². The van der Waals surface area contributed by atoms with E-state index in [2.05, 4.69) is 36.5 Å². The first kappa shape index (κ1) is 18.5. The maximum atomic E-state index is 12.5. The van der Waals surface area contributed by atoms with Crippen LogP contribution in [0.25, 0.3) is 0 Å². The standard InChI is InChI=1S/C19H28N2O3S/c1-3-24-17-13-23-12-16(17)20-19(22)21-10-8-15(9-11-21)25-18-7-5-4-6-14(18)2/h4-7,15-17H,3,8-13H2,1-2H3,(H,20,22)/t16-,17-/m0/s1. The van der Waals surface area contributed by atoms with E-state index in [1.54, 1.807) is 0 Å². The number of nitrogens with one attached hydrogen (secondary N) is 1. The first-order valence-corrected chi connectivity index (χ1v) is 10.0. The monoisotopic (exact) mass is 364 g/mol. The van der Waals surface area contributed by atoms with Crippen molar-refractivity contribution in [2.24, 2.45) is 0 Å². The fourth-order valence-corrected chi connectivity index (χ4v) is 4.56. The minimum atomic E-state index is -0.0356. The Morgan fingerprint density at radius 3 is 2.80 bits per heavy atom. The normalized spacial score (nSPS) is 24.5. The number of carbonyl (C=O) groups excluding carboxylic acids is 1. The minimum absolute atomic E-state index is 0.0135. The Kier molecular flexibility index (Phi) is 6.62. The molecule has 0 radical (unpaired) electrons. The summed E-state index contributed by atoms with van der Waals surface area (Å²) < 4.78 is 11.1. The number of likely N-dealkylation sites (tertiary alicyclic amines) is 1. The van der Waals surface area contributed by atoms with Gasteiger partial charge in [0.25, 0.3) is 0 Å². The Morgan fingerprint density at radius 1 is 1.32 bits per heavy atom. The molecule has 2 fully saturated rings. The predicted octanol–water partition coefficient (Wildman–Crippen LogP) is 3.07. The Morgan fingerprint density at radius 2 is 2.08 bits per heavy atom. The third kappa shape index (κ3) is 4.90. The molecular formula is C19H28N2O3S. The number of piperidine rings is 1. The average molecular weight is 365 g/mol. The molecule has 1 aromatic rings.